The quantitative estimate of drug-likeness (QED) is 0.498. The Morgan fingerprint density at radius 3 is 2.71 bits per heavy atom. The van der Waals surface area contributed by atoms with Crippen LogP contribution in [0.1, 0.15) is 0 Å². The average molecular weight is 167 g/mol. The Hall–Kier alpha value is -0.0200. The minimum absolute atomic E-state index is 0.0357. The molecule has 1 atom stereocenters. The smallest absolute Gasteiger partial charge is 0.175 e. The van der Waals surface area contributed by atoms with Gasteiger partial charge >= 0.3 is 0 Å². The SMILES string of the molecule is C=COC(Br)CO. The Morgan fingerprint density at radius 2 is 2.57 bits per heavy atom. The second-order valence-electron chi connectivity index (χ2n) is 0.895. The topological polar surface area (TPSA) is 29.5 Å². The number of hydrogen-bond acceptors (Lipinski definition) is 2. The van der Waals surface area contributed by atoms with E-state index >= 15 is 0 Å². The molecule has 0 saturated heterocycles. The van der Waals surface area contributed by atoms with Crippen LogP contribution in [0.15, 0.2) is 12.8 Å². The lowest BCUT2D eigenvalue weighted by Crippen LogP contribution is -2.03. The van der Waals surface area contributed by atoms with Gasteiger partial charge in [0.25, 0.3) is 0 Å². The third-order valence-corrected chi connectivity index (χ3v) is 0.893. The highest BCUT2D eigenvalue weighted by Crippen LogP contribution is 1.98. The van der Waals surface area contributed by atoms with Crippen LogP contribution in [0.3, 0.4) is 0 Å². The molecule has 0 aromatic heterocycles. The number of aliphatic hydroxyl groups excluding tert-OH is 1. The molecule has 0 amide bonds. The number of rotatable bonds is 3. The van der Waals surface area contributed by atoms with Crippen LogP contribution in [0, 0.1) is 0 Å². The van der Waals surface area contributed by atoms with Crippen molar-refractivity contribution in [1.82, 2.24) is 0 Å². The van der Waals surface area contributed by atoms with Gasteiger partial charge < -0.3 is 9.84 Å². The van der Waals surface area contributed by atoms with Crippen molar-refractivity contribution < 1.29 is 9.84 Å². The van der Waals surface area contributed by atoms with E-state index in [9.17, 15) is 0 Å². The van der Waals surface area contributed by atoms with Gasteiger partial charge in [0.15, 0.2) is 5.01 Å². The molecule has 0 aromatic carbocycles. The van der Waals surface area contributed by atoms with Crippen LogP contribution < -0.4 is 0 Å². The van der Waals surface area contributed by atoms with E-state index in [2.05, 4.69) is 27.2 Å². The third kappa shape index (κ3) is 3.82. The Kier molecular flexibility index (Phi) is 4.14. The summed E-state index contributed by atoms with van der Waals surface area (Å²) < 4.78 is 4.62. The van der Waals surface area contributed by atoms with Gasteiger partial charge in [-0.25, -0.2) is 0 Å². The van der Waals surface area contributed by atoms with E-state index in [0.29, 0.717) is 0 Å². The van der Waals surface area contributed by atoms with Gasteiger partial charge in [0.2, 0.25) is 0 Å². The van der Waals surface area contributed by atoms with Gasteiger partial charge in [-0.1, -0.05) is 6.58 Å². The molecule has 0 fully saturated rings. The van der Waals surface area contributed by atoms with Gasteiger partial charge in [-0.05, 0) is 15.9 Å². The molecule has 7 heavy (non-hydrogen) atoms. The minimum atomic E-state index is -0.301. The zero-order chi connectivity index (χ0) is 5.70. The molecule has 3 heteroatoms. The van der Waals surface area contributed by atoms with Gasteiger partial charge in [-0.2, -0.15) is 0 Å². The molecule has 1 N–H and O–H groups in total. The zero-order valence-corrected chi connectivity index (χ0v) is 5.39. The third-order valence-electron chi connectivity index (χ3n) is 0.387. The number of hydrogen-bond donors (Lipinski definition) is 1. The molecule has 0 saturated carbocycles. The van der Waals surface area contributed by atoms with Crippen molar-refractivity contribution in [3.05, 3.63) is 12.8 Å². The van der Waals surface area contributed by atoms with Crippen molar-refractivity contribution in [2.75, 3.05) is 6.61 Å². The summed E-state index contributed by atoms with van der Waals surface area (Å²) in [5.74, 6) is 0. The number of alkyl halides is 1. The number of aliphatic hydroxyl groups is 1. The maximum absolute atomic E-state index is 8.25. The van der Waals surface area contributed by atoms with Crippen LogP contribution in [0.25, 0.3) is 0 Å². The van der Waals surface area contributed by atoms with E-state index in [-0.39, 0.29) is 11.6 Å². The monoisotopic (exact) mass is 166 g/mol. The summed E-state index contributed by atoms with van der Waals surface area (Å²) in [6.07, 6.45) is 1.27. The number of halogens is 1. The van der Waals surface area contributed by atoms with E-state index < -0.39 is 0 Å². The lowest BCUT2D eigenvalue weighted by Gasteiger charge is -2.02. The second-order valence-corrected chi connectivity index (χ2v) is 1.92. The molecule has 1 unspecified atom stereocenters. The molecular weight excluding hydrogens is 160 g/mol. The van der Waals surface area contributed by atoms with E-state index in [0.717, 1.165) is 0 Å². The zero-order valence-electron chi connectivity index (χ0n) is 3.80. The summed E-state index contributed by atoms with van der Waals surface area (Å²) in [5.41, 5.74) is 0. The molecule has 42 valence electrons. The highest BCUT2D eigenvalue weighted by Gasteiger charge is 1.94. The molecule has 0 spiro atoms. The van der Waals surface area contributed by atoms with Gasteiger partial charge in [0.05, 0.1) is 12.9 Å². The number of ether oxygens (including phenoxy) is 1. The fraction of sp³-hybridized carbons (Fsp3) is 0.500. The van der Waals surface area contributed by atoms with Crippen molar-refractivity contribution in [2.45, 2.75) is 5.01 Å². The molecule has 0 aliphatic carbocycles. The van der Waals surface area contributed by atoms with E-state index in [1.54, 1.807) is 0 Å². The molecule has 0 bridgehead atoms. The van der Waals surface area contributed by atoms with Gasteiger partial charge in [0.1, 0.15) is 0 Å². The normalized spacial score (nSPS) is 12.9. The maximum atomic E-state index is 8.25. The van der Waals surface area contributed by atoms with Crippen molar-refractivity contribution in [1.29, 1.82) is 0 Å². The average Bonchev–Trinajstić information content (AvgIpc) is 1.68. The van der Waals surface area contributed by atoms with Crippen LogP contribution in [0.5, 0.6) is 0 Å². The van der Waals surface area contributed by atoms with Gasteiger partial charge in [-0.3, -0.25) is 0 Å². The summed E-state index contributed by atoms with van der Waals surface area (Å²) in [5, 5.41) is 7.95. The Bertz CT molecular complexity index is 55.7. The van der Waals surface area contributed by atoms with E-state index in [1.165, 1.54) is 6.26 Å². The first-order valence-electron chi connectivity index (χ1n) is 1.82. The largest absolute Gasteiger partial charge is 0.485 e. The molecule has 0 radical (unpaired) electrons. The van der Waals surface area contributed by atoms with Crippen molar-refractivity contribution in [2.24, 2.45) is 0 Å². The summed E-state index contributed by atoms with van der Waals surface area (Å²) in [7, 11) is 0. The molecule has 2 nitrogen and oxygen atoms in total. The van der Waals surface area contributed by atoms with Crippen LogP contribution in [0.2, 0.25) is 0 Å². The van der Waals surface area contributed by atoms with E-state index in [4.69, 9.17) is 5.11 Å². The second kappa shape index (κ2) is 4.15. The van der Waals surface area contributed by atoms with Crippen molar-refractivity contribution in [3.63, 3.8) is 0 Å². The molecular formula is C4H7BrO2. The first-order chi connectivity index (χ1) is 3.31. The highest BCUT2D eigenvalue weighted by molar-refractivity contribution is 9.09. The van der Waals surface area contributed by atoms with Crippen molar-refractivity contribution in [3.8, 4) is 0 Å². The predicted molar refractivity (Wildman–Crippen MR) is 31.1 cm³/mol. The minimum Gasteiger partial charge on any atom is -0.485 e. The maximum Gasteiger partial charge on any atom is 0.175 e. The van der Waals surface area contributed by atoms with Crippen LogP contribution in [-0.2, 0) is 4.74 Å². The lowest BCUT2D eigenvalue weighted by molar-refractivity contribution is 0.146. The summed E-state index contributed by atoms with van der Waals surface area (Å²) in [6, 6.07) is 0. The lowest BCUT2D eigenvalue weighted by atomic mass is 10.8. The fourth-order valence-corrected chi connectivity index (χ4v) is 0.300. The first kappa shape index (κ1) is 6.98. The molecule has 0 aromatic rings. The fourth-order valence-electron chi connectivity index (χ4n) is 0.147. The van der Waals surface area contributed by atoms with Crippen LogP contribution in [0.4, 0.5) is 0 Å². The highest BCUT2D eigenvalue weighted by atomic mass is 79.9. The predicted octanol–water partition coefficient (Wildman–Crippen LogP) is 0.860. The Balaban J connectivity index is 2.98. The van der Waals surface area contributed by atoms with E-state index in [1.807, 2.05) is 0 Å². The molecule has 0 rings (SSSR count). The molecule has 0 heterocycles. The summed E-state index contributed by atoms with van der Waals surface area (Å²) >= 11 is 2.99. The van der Waals surface area contributed by atoms with Crippen LogP contribution in [-0.4, -0.2) is 16.7 Å². The summed E-state index contributed by atoms with van der Waals surface area (Å²) in [4.78, 5) is 0. The molecule has 0 aliphatic heterocycles. The first-order valence-corrected chi connectivity index (χ1v) is 2.74. The van der Waals surface area contributed by atoms with Gasteiger partial charge in [0, 0.05) is 0 Å². The van der Waals surface area contributed by atoms with Crippen LogP contribution >= 0.6 is 15.9 Å². The Morgan fingerprint density at radius 1 is 2.00 bits per heavy atom. The van der Waals surface area contributed by atoms with Gasteiger partial charge in [-0.15, -0.1) is 0 Å². The standard InChI is InChI=1S/C4H7BrO2/c1-2-7-4(5)3-6/h2,4,6H,1,3H2. The van der Waals surface area contributed by atoms with Crippen molar-refractivity contribution >= 4 is 15.9 Å². The molecule has 0 aliphatic rings. The summed E-state index contributed by atoms with van der Waals surface area (Å²) in [6.45, 7) is 3.25. The Labute approximate surface area is 50.9 Å².